The highest BCUT2D eigenvalue weighted by Gasteiger charge is 2.50. The maximum Gasteiger partial charge on any atom is 0.155 e. The van der Waals surface area contributed by atoms with E-state index in [4.69, 9.17) is 4.74 Å². The van der Waals surface area contributed by atoms with Crippen LogP contribution in [0.2, 0.25) is 0 Å². The molecule has 0 N–H and O–H groups in total. The van der Waals surface area contributed by atoms with Gasteiger partial charge in [0.2, 0.25) is 0 Å². The van der Waals surface area contributed by atoms with Crippen LogP contribution >= 0.6 is 0 Å². The summed E-state index contributed by atoms with van der Waals surface area (Å²) in [4.78, 5) is 11.1. The van der Waals surface area contributed by atoms with Crippen molar-refractivity contribution in [1.29, 1.82) is 0 Å². The third kappa shape index (κ3) is 1.44. The van der Waals surface area contributed by atoms with Crippen LogP contribution in [0, 0.1) is 0 Å². The van der Waals surface area contributed by atoms with Crippen molar-refractivity contribution in [2.24, 2.45) is 0 Å². The number of ether oxygens (including phenoxy) is 1. The SMILES string of the molecule is C[C@]12CC/C=C\C(=O)CC[C@@H]1O2. The second kappa shape index (κ2) is 2.70. The number of hydrogen-bond donors (Lipinski definition) is 0. The van der Waals surface area contributed by atoms with Crippen LogP contribution in [0.25, 0.3) is 0 Å². The van der Waals surface area contributed by atoms with Crippen molar-refractivity contribution in [3.63, 3.8) is 0 Å². The van der Waals surface area contributed by atoms with Crippen molar-refractivity contribution in [2.75, 3.05) is 0 Å². The normalized spacial score (nSPS) is 43.8. The Kier molecular flexibility index (Phi) is 1.80. The Hall–Kier alpha value is -0.630. The van der Waals surface area contributed by atoms with Gasteiger partial charge in [-0.25, -0.2) is 0 Å². The average Bonchev–Trinajstić information content (AvgIpc) is 2.67. The number of carbonyl (C=O) groups excluding carboxylic acids is 1. The van der Waals surface area contributed by atoms with Gasteiger partial charge >= 0.3 is 0 Å². The maximum absolute atomic E-state index is 11.1. The topological polar surface area (TPSA) is 29.6 Å². The largest absolute Gasteiger partial charge is 0.366 e. The summed E-state index contributed by atoms with van der Waals surface area (Å²) < 4.78 is 5.54. The fourth-order valence-corrected chi connectivity index (χ4v) is 1.82. The van der Waals surface area contributed by atoms with Crippen molar-refractivity contribution < 1.29 is 9.53 Å². The Labute approximate surface area is 72.6 Å². The van der Waals surface area contributed by atoms with Gasteiger partial charge in [0, 0.05) is 6.42 Å². The average molecular weight is 166 g/mol. The fraction of sp³-hybridized carbons (Fsp3) is 0.700. The second-order valence-corrected chi connectivity index (χ2v) is 3.87. The highest BCUT2D eigenvalue weighted by molar-refractivity contribution is 5.89. The smallest absolute Gasteiger partial charge is 0.155 e. The molecule has 1 aliphatic carbocycles. The minimum Gasteiger partial charge on any atom is -0.366 e. The van der Waals surface area contributed by atoms with Gasteiger partial charge in [0.25, 0.3) is 0 Å². The van der Waals surface area contributed by atoms with Crippen LogP contribution in [0.4, 0.5) is 0 Å². The molecular formula is C10H14O2. The van der Waals surface area contributed by atoms with Gasteiger partial charge in [-0.3, -0.25) is 4.79 Å². The van der Waals surface area contributed by atoms with Gasteiger partial charge in [-0.05, 0) is 32.3 Å². The first-order valence-electron chi connectivity index (χ1n) is 4.58. The molecule has 0 radical (unpaired) electrons. The molecule has 1 heterocycles. The van der Waals surface area contributed by atoms with Crippen LogP contribution in [-0.2, 0) is 9.53 Å². The van der Waals surface area contributed by atoms with Gasteiger partial charge < -0.3 is 4.74 Å². The van der Waals surface area contributed by atoms with Crippen LogP contribution in [0.3, 0.4) is 0 Å². The van der Waals surface area contributed by atoms with Gasteiger partial charge in [0.1, 0.15) is 0 Å². The Bertz CT molecular complexity index is 232. The zero-order valence-corrected chi connectivity index (χ0v) is 7.38. The minimum absolute atomic E-state index is 0.0922. The molecule has 0 aromatic carbocycles. The van der Waals surface area contributed by atoms with Gasteiger partial charge in [-0.2, -0.15) is 0 Å². The van der Waals surface area contributed by atoms with Gasteiger partial charge in [-0.15, -0.1) is 0 Å². The molecule has 2 nitrogen and oxygen atoms in total. The minimum atomic E-state index is 0.0922. The lowest BCUT2D eigenvalue weighted by Crippen LogP contribution is -2.09. The maximum atomic E-state index is 11.1. The summed E-state index contributed by atoms with van der Waals surface area (Å²) in [5.74, 6) is 0.245. The van der Waals surface area contributed by atoms with Crippen molar-refractivity contribution in [3.8, 4) is 0 Å². The number of hydrogen-bond acceptors (Lipinski definition) is 2. The van der Waals surface area contributed by atoms with Gasteiger partial charge in [0.15, 0.2) is 5.78 Å². The first-order valence-corrected chi connectivity index (χ1v) is 4.58. The molecule has 12 heavy (non-hydrogen) atoms. The van der Waals surface area contributed by atoms with Crippen LogP contribution in [-0.4, -0.2) is 17.5 Å². The van der Waals surface area contributed by atoms with Crippen molar-refractivity contribution in [2.45, 2.75) is 44.3 Å². The summed E-state index contributed by atoms with van der Waals surface area (Å²) >= 11 is 0. The monoisotopic (exact) mass is 166 g/mol. The van der Waals surface area contributed by atoms with E-state index in [1.165, 1.54) is 0 Å². The molecule has 2 rings (SSSR count). The molecule has 2 aliphatic rings. The lowest BCUT2D eigenvalue weighted by molar-refractivity contribution is -0.114. The van der Waals surface area contributed by atoms with E-state index in [-0.39, 0.29) is 11.4 Å². The molecule has 0 amide bonds. The molecule has 0 bridgehead atoms. The highest BCUT2D eigenvalue weighted by Crippen LogP contribution is 2.43. The van der Waals surface area contributed by atoms with Crippen LogP contribution in [0.15, 0.2) is 12.2 Å². The van der Waals surface area contributed by atoms with Crippen molar-refractivity contribution >= 4 is 5.78 Å². The third-order valence-electron chi connectivity index (χ3n) is 2.80. The first-order chi connectivity index (χ1) is 5.71. The number of ketones is 1. The standard InChI is InChI=1S/C10H14O2/c1-10-7-3-2-4-8(11)5-6-9(10)12-10/h2,4,9H,3,5-7H2,1H3/b4-2-/t9-,10-/m0/s1. The lowest BCUT2D eigenvalue weighted by Gasteiger charge is -2.01. The summed E-state index contributed by atoms with van der Waals surface area (Å²) in [6, 6.07) is 0. The molecule has 1 saturated heterocycles. The van der Waals surface area contributed by atoms with E-state index in [1.54, 1.807) is 6.08 Å². The van der Waals surface area contributed by atoms with Crippen molar-refractivity contribution in [1.82, 2.24) is 0 Å². The molecular weight excluding hydrogens is 152 g/mol. The number of epoxide rings is 1. The Morgan fingerprint density at radius 2 is 2.50 bits per heavy atom. The van der Waals surface area contributed by atoms with Crippen LogP contribution < -0.4 is 0 Å². The molecule has 0 saturated carbocycles. The molecule has 0 spiro atoms. The molecule has 0 aromatic heterocycles. The summed E-state index contributed by atoms with van der Waals surface area (Å²) in [6.07, 6.45) is 7.61. The van der Waals surface area contributed by atoms with Crippen LogP contribution in [0.5, 0.6) is 0 Å². The van der Waals surface area contributed by atoms with E-state index in [2.05, 4.69) is 6.92 Å². The predicted molar refractivity (Wildman–Crippen MR) is 45.9 cm³/mol. The zero-order chi connectivity index (χ0) is 8.60. The van der Waals surface area contributed by atoms with E-state index in [0.717, 1.165) is 19.3 Å². The molecule has 2 heteroatoms. The predicted octanol–water partition coefficient (Wildman–Crippen LogP) is 1.84. The summed E-state index contributed by atoms with van der Waals surface area (Å²) in [5, 5.41) is 0. The number of carbonyl (C=O) groups is 1. The van der Waals surface area contributed by atoms with E-state index in [9.17, 15) is 4.79 Å². The molecule has 1 aliphatic heterocycles. The molecule has 2 atom stereocenters. The highest BCUT2D eigenvalue weighted by atomic mass is 16.6. The molecule has 0 unspecified atom stereocenters. The van der Waals surface area contributed by atoms with E-state index in [0.29, 0.717) is 12.5 Å². The second-order valence-electron chi connectivity index (χ2n) is 3.87. The Morgan fingerprint density at radius 3 is 3.33 bits per heavy atom. The fourth-order valence-electron chi connectivity index (χ4n) is 1.82. The third-order valence-corrected chi connectivity index (χ3v) is 2.80. The summed E-state index contributed by atoms with van der Waals surface area (Å²) in [7, 11) is 0. The van der Waals surface area contributed by atoms with E-state index < -0.39 is 0 Å². The lowest BCUT2D eigenvalue weighted by atomic mass is 9.99. The molecule has 0 aromatic rings. The quantitative estimate of drug-likeness (QED) is 0.514. The summed E-state index contributed by atoms with van der Waals surface area (Å²) in [6.45, 7) is 2.14. The molecule has 66 valence electrons. The van der Waals surface area contributed by atoms with E-state index >= 15 is 0 Å². The Balaban J connectivity index is 2.02. The van der Waals surface area contributed by atoms with Crippen LogP contribution in [0.1, 0.15) is 32.6 Å². The molecule has 1 fully saturated rings. The number of fused-ring (bicyclic) bond motifs is 1. The summed E-state index contributed by atoms with van der Waals surface area (Å²) in [5.41, 5.74) is 0.0922. The van der Waals surface area contributed by atoms with Crippen molar-refractivity contribution in [3.05, 3.63) is 12.2 Å². The van der Waals surface area contributed by atoms with Gasteiger partial charge in [0.05, 0.1) is 11.7 Å². The van der Waals surface area contributed by atoms with E-state index in [1.807, 2.05) is 6.08 Å². The van der Waals surface area contributed by atoms with Gasteiger partial charge in [-0.1, -0.05) is 6.08 Å². The number of rotatable bonds is 0. The zero-order valence-electron chi connectivity index (χ0n) is 7.38. The first kappa shape index (κ1) is 7.99. The Morgan fingerprint density at radius 1 is 1.67 bits per heavy atom. The number of allylic oxidation sites excluding steroid dienone is 2.